The summed E-state index contributed by atoms with van der Waals surface area (Å²) in [5.41, 5.74) is 10.8. The summed E-state index contributed by atoms with van der Waals surface area (Å²) in [4.78, 5) is 74.0. The van der Waals surface area contributed by atoms with Crippen LogP contribution < -0.4 is 17.2 Å². The number of esters is 2. The first-order valence-corrected chi connectivity index (χ1v) is 31.0. The molecule has 2 rings (SSSR count). The molecule has 0 radical (unpaired) electrons. The molecule has 0 bridgehead atoms. The van der Waals surface area contributed by atoms with Crippen LogP contribution >= 0.6 is 27.4 Å². The number of nitrogen functional groups attached to an aromatic ring is 1. The lowest BCUT2D eigenvalue weighted by atomic mass is 9.99. The van der Waals surface area contributed by atoms with Crippen LogP contribution in [0.4, 0.5) is 5.82 Å². The van der Waals surface area contributed by atoms with Gasteiger partial charge in [0.1, 0.15) is 36.8 Å². The number of nitrogens with zero attached hydrogens (tertiary/aromatic N) is 2. The molecule has 1 aliphatic rings. The average molecular weight is 1150 g/mol. The normalized spacial score (nSPS) is 20.6. The van der Waals surface area contributed by atoms with E-state index in [1.54, 1.807) is 18.2 Å². The van der Waals surface area contributed by atoms with Crippen LogP contribution in [-0.2, 0) is 51.1 Å². The highest BCUT2D eigenvalue weighted by molar-refractivity contribution is 8.00. The highest BCUT2D eigenvalue weighted by Crippen LogP contribution is 2.60. The smallest absolute Gasteiger partial charge is 0.481 e. The van der Waals surface area contributed by atoms with Crippen LogP contribution in [0.2, 0.25) is 0 Å². The van der Waals surface area contributed by atoms with Crippen molar-refractivity contribution in [2.24, 2.45) is 11.7 Å². The highest BCUT2D eigenvalue weighted by atomic mass is 32.2. The Kier molecular flexibility index (Phi) is 35.9. The van der Waals surface area contributed by atoms with Gasteiger partial charge in [0, 0.05) is 30.0 Å². The number of phosphoric ester groups is 2. The molecule has 0 aromatic carbocycles. The van der Waals surface area contributed by atoms with Crippen LogP contribution in [0.3, 0.4) is 0 Å². The summed E-state index contributed by atoms with van der Waals surface area (Å²) >= 11 is 1.12. The third-order valence-corrected chi connectivity index (χ3v) is 16.5. The molecule has 1 aromatic rings. The predicted molar refractivity (Wildman–Crippen MR) is 294 cm³/mol. The molecule has 0 aliphatic carbocycles. The molecule has 0 saturated carbocycles. The number of unbranched alkanes of at least 4 members (excludes halogenated alkanes) is 12. The van der Waals surface area contributed by atoms with E-state index in [1.807, 2.05) is 18.2 Å². The largest absolute Gasteiger partial charge is 0.481 e. The van der Waals surface area contributed by atoms with Crippen LogP contribution in [0, 0.1) is 5.92 Å². The van der Waals surface area contributed by atoms with Gasteiger partial charge in [0.25, 0.3) is 0 Å². The number of carboxylic acids is 1. The van der Waals surface area contributed by atoms with E-state index < -0.39 is 107 Å². The van der Waals surface area contributed by atoms with Gasteiger partial charge in [-0.25, -0.2) is 13.9 Å². The molecule has 10 N–H and O–H groups in total. The summed E-state index contributed by atoms with van der Waals surface area (Å²) in [7, 11) is -11.1. The second-order valence-corrected chi connectivity index (χ2v) is 23.4. The minimum absolute atomic E-state index is 0.0520. The molecule has 440 valence electrons. The molecule has 11 atom stereocenters. The summed E-state index contributed by atoms with van der Waals surface area (Å²) in [5.74, 6) is -2.18. The van der Waals surface area contributed by atoms with Gasteiger partial charge in [0.15, 0.2) is 12.3 Å². The Balaban J connectivity index is 2.05. The third-order valence-electron chi connectivity index (χ3n) is 12.5. The Morgan fingerprint density at radius 2 is 1.51 bits per heavy atom. The zero-order valence-corrected chi connectivity index (χ0v) is 47.7. The number of aliphatic hydroxyl groups excluding tert-OH is 3. The number of aromatic nitrogens is 2. The maximum atomic E-state index is 13.2. The molecule has 0 amide bonds. The van der Waals surface area contributed by atoms with Gasteiger partial charge < -0.3 is 55.9 Å². The summed E-state index contributed by atoms with van der Waals surface area (Å²) in [6, 6.07) is -0.0725. The molecular weight excluding hydrogens is 1060 g/mol. The molecular formula is C52H88N4O18P2S. The molecule has 25 heteroatoms. The molecule has 2 heterocycles. The Bertz CT molecular complexity index is 2130. The van der Waals surface area contributed by atoms with E-state index in [-0.39, 0.29) is 37.3 Å². The monoisotopic (exact) mass is 1150 g/mol. The first kappa shape index (κ1) is 69.6. The third kappa shape index (κ3) is 31.7. The number of carbonyl (C=O) groups is 3. The van der Waals surface area contributed by atoms with Crippen molar-refractivity contribution >= 4 is 51.1 Å². The summed E-state index contributed by atoms with van der Waals surface area (Å²) in [6.07, 6.45) is 25.3. The Hall–Kier alpha value is -3.54. The van der Waals surface area contributed by atoms with Gasteiger partial charge in [-0.3, -0.25) is 28.0 Å². The number of aliphatic hydroxyl groups is 3. The number of allylic oxidation sites excluding steroid dienone is 7. The number of thioether (sulfide) groups is 1. The van der Waals surface area contributed by atoms with Gasteiger partial charge in [-0.05, 0) is 50.5 Å². The maximum absolute atomic E-state index is 13.2. The molecule has 77 heavy (non-hydrogen) atoms. The number of rotatable bonds is 44. The van der Waals surface area contributed by atoms with Crippen molar-refractivity contribution in [3.8, 4) is 0 Å². The van der Waals surface area contributed by atoms with E-state index in [4.69, 9.17) is 39.8 Å². The van der Waals surface area contributed by atoms with Crippen LogP contribution in [0.1, 0.15) is 162 Å². The Labute approximate surface area is 458 Å². The fraction of sp³-hybridized carbons (Fsp3) is 0.712. The summed E-state index contributed by atoms with van der Waals surface area (Å²) in [5, 5.41) is 40.5. The highest BCUT2D eigenvalue weighted by Gasteiger charge is 2.46. The molecule has 1 aliphatic heterocycles. The maximum Gasteiger partial charge on any atom is 0.481 e. The average Bonchev–Trinajstić information content (AvgIpc) is 3.65. The number of nitrogens with two attached hydrogens (primary N) is 2. The van der Waals surface area contributed by atoms with Crippen molar-refractivity contribution in [2.45, 2.75) is 204 Å². The molecule has 1 aromatic heterocycles. The minimum atomic E-state index is -5.55. The fourth-order valence-electron chi connectivity index (χ4n) is 7.73. The van der Waals surface area contributed by atoms with Crippen molar-refractivity contribution in [3.63, 3.8) is 0 Å². The summed E-state index contributed by atoms with van der Waals surface area (Å²) in [6.45, 7) is 3.92. The summed E-state index contributed by atoms with van der Waals surface area (Å²) < 4.78 is 57.0. The molecule has 0 spiro atoms. The lowest BCUT2D eigenvalue weighted by Crippen LogP contribution is -2.38. The quantitative estimate of drug-likeness (QED) is 0.0100. The van der Waals surface area contributed by atoms with E-state index >= 15 is 0 Å². The van der Waals surface area contributed by atoms with Gasteiger partial charge in [-0.15, -0.1) is 11.8 Å². The first-order chi connectivity index (χ1) is 36.7. The fourth-order valence-corrected chi connectivity index (χ4v) is 11.0. The molecule has 22 nitrogen and oxygen atoms in total. The SMILES string of the molecule is CCCCC/C=C\C\C=C/C=C/C=C/[C@@H](SC[C@H](N)C(=O)OC[C@H](COP(=O)(O)OP(=O)(O)OC[C@H]1O[C@@H](n2ccc(N)nc2=O)[C@H](O)[C@@H]1O)OC(=O)CCCCCCCCCCCCC(C)CC)[C@@H](O)CCCC(=O)O. The zero-order chi connectivity index (χ0) is 57.1. The molecule has 1 fully saturated rings. The number of hydrogen-bond acceptors (Lipinski definition) is 19. The van der Waals surface area contributed by atoms with Crippen molar-refractivity contribution in [2.75, 3.05) is 31.3 Å². The predicted octanol–water partition coefficient (Wildman–Crippen LogP) is 8.12. The van der Waals surface area contributed by atoms with Crippen molar-refractivity contribution in [1.82, 2.24) is 9.55 Å². The van der Waals surface area contributed by atoms with Gasteiger partial charge in [0.05, 0.1) is 19.3 Å². The van der Waals surface area contributed by atoms with Crippen LogP contribution in [-0.4, -0.2) is 125 Å². The Morgan fingerprint density at radius 1 is 0.844 bits per heavy atom. The van der Waals surface area contributed by atoms with E-state index in [2.05, 4.69) is 42.2 Å². The van der Waals surface area contributed by atoms with Gasteiger partial charge >= 0.3 is 39.2 Å². The number of anilines is 1. The second-order valence-electron chi connectivity index (χ2n) is 19.2. The Morgan fingerprint density at radius 3 is 2.17 bits per heavy atom. The van der Waals surface area contributed by atoms with E-state index in [0.717, 1.165) is 79.8 Å². The van der Waals surface area contributed by atoms with Crippen molar-refractivity contribution in [3.05, 3.63) is 71.4 Å². The van der Waals surface area contributed by atoms with Gasteiger partial charge in [-0.1, -0.05) is 153 Å². The number of hydrogen-bond donors (Lipinski definition) is 8. The molecule has 3 unspecified atom stereocenters. The minimum Gasteiger partial charge on any atom is -0.481 e. The number of ether oxygens (including phenoxy) is 3. The topological polar surface area (TPSA) is 349 Å². The van der Waals surface area contributed by atoms with Crippen molar-refractivity contribution in [1.29, 1.82) is 0 Å². The number of carboxylic acid groups (broad SMARTS) is 1. The zero-order valence-electron chi connectivity index (χ0n) is 45.1. The van der Waals surface area contributed by atoms with E-state index in [0.29, 0.717) is 6.42 Å². The van der Waals surface area contributed by atoms with Crippen LogP contribution in [0.5, 0.6) is 0 Å². The van der Waals surface area contributed by atoms with Crippen LogP contribution in [0.25, 0.3) is 0 Å². The standard InChI is InChI=1S/C52H88N4O18P2S/c1-4-6-7-8-9-10-11-12-16-19-22-25-30-44(42(57)29-27-31-46(58)59)77-38-41(53)51(63)69-35-40(72-47(60)32-26-23-20-17-14-13-15-18-21-24-28-39(3)5-2)36-70-75(65,66)74-76(67,68)71-37-43-48(61)49(62)50(73-43)56-34-33-45(54)55-52(56)64/h9-10,12,16,19,22,25,30,33-34,39-44,48-50,57,61-62H,4-8,11,13-15,17-18,20-21,23-24,26-29,31-32,35-38,53H2,1-3H3,(H,58,59)(H,65,66)(H,67,68)(H2,54,55,64)/b10-9-,16-12-,22-19+,30-25+/t39?,40-,41+,42+,43-,44-,48-,49-,50-/m1/s1. The second kappa shape index (κ2) is 39.8. The van der Waals surface area contributed by atoms with E-state index in [9.17, 15) is 53.4 Å². The first-order valence-electron chi connectivity index (χ1n) is 27.0. The molecule has 1 saturated heterocycles. The lowest BCUT2D eigenvalue weighted by Gasteiger charge is -2.23. The number of aliphatic carboxylic acids is 1. The number of phosphoric acid groups is 2. The van der Waals surface area contributed by atoms with E-state index in [1.165, 1.54) is 57.4 Å². The van der Waals surface area contributed by atoms with Crippen LogP contribution in [0.15, 0.2) is 65.7 Å². The lowest BCUT2D eigenvalue weighted by molar-refractivity contribution is -0.161. The van der Waals surface area contributed by atoms with Crippen molar-refractivity contribution < 1.29 is 81.3 Å². The number of carbonyl (C=O) groups excluding carboxylic acids is 2. The van der Waals surface area contributed by atoms with Gasteiger partial charge in [0.2, 0.25) is 0 Å². The van der Waals surface area contributed by atoms with Gasteiger partial charge in [-0.2, -0.15) is 9.29 Å².